The Balaban J connectivity index is 0.00000245. The Morgan fingerprint density at radius 2 is 1.84 bits per heavy atom. The van der Waals surface area contributed by atoms with Crippen molar-refractivity contribution in [3.63, 3.8) is 0 Å². The highest BCUT2D eigenvalue weighted by atomic mass is 35.5. The third-order valence-electron chi connectivity index (χ3n) is 5.25. The summed E-state index contributed by atoms with van der Waals surface area (Å²) in [5, 5.41) is 1.02. The molecule has 0 radical (unpaired) electrons. The monoisotopic (exact) mass is 492 g/mol. The number of halogens is 2. The molecule has 1 saturated heterocycles. The Bertz CT molecular complexity index is 1190. The van der Waals surface area contributed by atoms with Crippen LogP contribution in [-0.4, -0.2) is 60.2 Å². The summed E-state index contributed by atoms with van der Waals surface area (Å²) in [6.45, 7) is 4.72. The number of hydrogen-bond acceptors (Lipinski definition) is 7. The summed E-state index contributed by atoms with van der Waals surface area (Å²) < 4.78 is 20.8. The summed E-state index contributed by atoms with van der Waals surface area (Å²) >= 11 is 2.72. The van der Waals surface area contributed by atoms with Crippen LogP contribution in [0.25, 0.3) is 20.4 Å². The van der Waals surface area contributed by atoms with Crippen LogP contribution in [0.1, 0.15) is 16.2 Å². The Morgan fingerprint density at radius 1 is 1.06 bits per heavy atom. The molecule has 0 bridgehead atoms. The molecule has 6 nitrogen and oxygen atoms in total. The van der Waals surface area contributed by atoms with E-state index in [0.29, 0.717) is 22.2 Å². The van der Waals surface area contributed by atoms with Gasteiger partial charge in [0.15, 0.2) is 10.1 Å². The second-order valence-electron chi connectivity index (χ2n) is 7.36. The number of carbonyl (C=O) groups excluding carboxylic acids is 1. The molecule has 0 atom stereocenters. The van der Waals surface area contributed by atoms with E-state index in [9.17, 15) is 9.18 Å². The van der Waals surface area contributed by atoms with Crippen LogP contribution < -0.4 is 4.90 Å². The number of morpholine rings is 1. The van der Waals surface area contributed by atoms with Gasteiger partial charge in [0.2, 0.25) is 0 Å². The third kappa shape index (κ3) is 4.92. The fourth-order valence-electron chi connectivity index (χ4n) is 3.64. The number of benzene rings is 2. The fraction of sp³-hybridized carbons (Fsp3) is 0.318. The maximum absolute atomic E-state index is 13.7. The molecule has 10 heteroatoms. The van der Waals surface area contributed by atoms with Crippen molar-refractivity contribution in [3.8, 4) is 0 Å². The lowest BCUT2D eigenvalue weighted by Gasteiger charge is -2.27. The Hall–Kier alpha value is -2.17. The average Bonchev–Trinajstić information content (AvgIpc) is 3.40. The molecule has 1 fully saturated rings. The van der Waals surface area contributed by atoms with Crippen LogP contribution in [0.5, 0.6) is 0 Å². The number of hydrogen-bond donors (Lipinski definition) is 0. The Kier molecular flexibility index (Phi) is 7.32. The van der Waals surface area contributed by atoms with E-state index in [1.807, 2.05) is 24.3 Å². The zero-order chi connectivity index (χ0) is 21.2. The molecule has 2 aromatic carbocycles. The number of thiazole rings is 2. The molecule has 1 aliphatic rings. The van der Waals surface area contributed by atoms with Crippen molar-refractivity contribution in [3.05, 3.63) is 53.3 Å². The molecular weight excluding hydrogens is 471 g/mol. The summed E-state index contributed by atoms with van der Waals surface area (Å²) in [4.78, 5) is 26.7. The lowest BCUT2D eigenvalue weighted by atomic mass is 10.3. The molecule has 4 aromatic rings. The van der Waals surface area contributed by atoms with E-state index in [1.165, 1.54) is 34.8 Å². The van der Waals surface area contributed by atoms with Gasteiger partial charge in [0.25, 0.3) is 5.91 Å². The molecule has 1 amide bonds. The van der Waals surface area contributed by atoms with Gasteiger partial charge < -0.3 is 4.74 Å². The first kappa shape index (κ1) is 23.0. The van der Waals surface area contributed by atoms with Gasteiger partial charge >= 0.3 is 0 Å². The first-order chi connectivity index (χ1) is 15.2. The number of ether oxygens (including phenoxy) is 1. The molecule has 32 heavy (non-hydrogen) atoms. The van der Waals surface area contributed by atoms with E-state index in [0.717, 1.165) is 54.2 Å². The fourth-order valence-corrected chi connectivity index (χ4v) is 5.57. The number of fused-ring (bicyclic) bond motifs is 2. The predicted molar refractivity (Wildman–Crippen MR) is 130 cm³/mol. The zero-order valence-corrected chi connectivity index (χ0v) is 19.6. The van der Waals surface area contributed by atoms with Gasteiger partial charge in [-0.3, -0.25) is 14.6 Å². The van der Waals surface area contributed by atoms with E-state index in [2.05, 4.69) is 14.9 Å². The highest BCUT2D eigenvalue weighted by molar-refractivity contribution is 7.22. The van der Waals surface area contributed by atoms with E-state index in [-0.39, 0.29) is 24.1 Å². The van der Waals surface area contributed by atoms with Crippen molar-refractivity contribution in [2.24, 2.45) is 0 Å². The molecule has 3 heterocycles. The van der Waals surface area contributed by atoms with E-state index >= 15 is 0 Å². The standard InChI is InChI=1S/C22H21FN4O2S2.ClH/c23-15-6-7-17-19(14-15)31-22(25-17)27(9-3-8-26-10-12-29-13-11-26)21(28)20-24-16-4-1-2-5-18(16)30-20;/h1-2,4-7,14H,3,8-13H2;1H. The maximum atomic E-state index is 13.7. The molecule has 168 valence electrons. The van der Waals surface area contributed by atoms with Gasteiger partial charge in [0, 0.05) is 26.2 Å². The van der Waals surface area contributed by atoms with Crippen molar-refractivity contribution in [1.82, 2.24) is 14.9 Å². The van der Waals surface area contributed by atoms with E-state index < -0.39 is 0 Å². The number of nitrogens with zero attached hydrogens (tertiary/aromatic N) is 4. The third-order valence-corrected chi connectivity index (χ3v) is 7.32. The normalized spacial score (nSPS) is 14.5. The zero-order valence-electron chi connectivity index (χ0n) is 17.2. The summed E-state index contributed by atoms with van der Waals surface area (Å²) in [7, 11) is 0. The van der Waals surface area contributed by atoms with E-state index in [1.54, 1.807) is 11.0 Å². The van der Waals surface area contributed by atoms with Crippen LogP contribution in [0.2, 0.25) is 0 Å². The van der Waals surface area contributed by atoms with Crippen molar-refractivity contribution >= 4 is 66.6 Å². The van der Waals surface area contributed by atoms with Crippen LogP contribution in [-0.2, 0) is 4.74 Å². The van der Waals surface area contributed by atoms with Crippen molar-refractivity contribution in [2.75, 3.05) is 44.3 Å². The quantitative estimate of drug-likeness (QED) is 0.385. The maximum Gasteiger partial charge on any atom is 0.289 e. The van der Waals surface area contributed by atoms with Crippen LogP contribution in [0, 0.1) is 5.82 Å². The van der Waals surface area contributed by atoms with Crippen molar-refractivity contribution in [1.29, 1.82) is 0 Å². The molecule has 0 spiro atoms. The van der Waals surface area contributed by atoms with E-state index in [4.69, 9.17) is 4.74 Å². The summed E-state index contributed by atoms with van der Waals surface area (Å²) in [6.07, 6.45) is 0.806. The van der Waals surface area contributed by atoms with Crippen LogP contribution >= 0.6 is 35.1 Å². The van der Waals surface area contributed by atoms with Crippen LogP contribution in [0.4, 0.5) is 9.52 Å². The number of carbonyl (C=O) groups is 1. The van der Waals surface area contributed by atoms with Crippen LogP contribution in [0.3, 0.4) is 0 Å². The van der Waals surface area contributed by atoms with Gasteiger partial charge in [-0.25, -0.2) is 14.4 Å². The summed E-state index contributed by atoms with van der Waals surface area (Å²) in [6, 6.07) is 12.2. The molecule has 0 N–H and O–H groups in total. The number of para-hydroxylation sites is 1. The average molecular weight is 493 g/mol. The Labute approximate surface area is 199 Å². The van der Waals surface area contributed by atoms with Gasteiger partial charge in [-0.15, -0.1) is 23.7 Å². The lowest BCUT2D eigenvalue weighted by molar-refractivity contribution is 0.0376. The summed E-state index contributed by atoms with van der Waals surface area (Å²) in [5.41, 5.74) is 1.51. The first-order valence-corrected chi connectivity index (χ1v) is 11.8. The number of rotatable bonds is 6. The van der Waals surface area contributed by atoms with Crippen LogP contribution in [0.15, 0.2) is 42.5 Å². The second kappa shape index (κ2) is 10.2. The number of amides is 1. The minimum atomic E-state index is -0.306. The molecule has 1 aliphatic heterocycles. The van der Waals surface area contributed by atoms with Crippen molar-refractivity contribution in [2.45, 2.75) is 6.42 Å². The number of aromatic nitrogens is 2. The molecule has 2 aromatic heterocycles. The summed E-state index contributed by atoms with van der Waals surface area (Å²) in [5.74, 6) is -0.471. The van der Waals surface area contributed by atoms with Gasteiger partial charge in [-0.2, -0.15) is 0 Å². The van der Waals surface area contributed by atoms with Crippen molar-refractivity contribution < 1.29 is 13.9 Å². The minimum Gasteiger partial charge on any atom is -0.379 e. The van der Waals surface area contributed by atoms with Gasteiger partial charge in [0.05, 0.1) is 33.6 Å². The van der Waals surface area contributed by atoms with Gasteiger partial charge in [-0.1, -0.05) is 23.5 Å². The molecule has 5 rings (SSSR count). The lowest BCUT2D eigenvalue weighted by Crippen LogP contribution is -2.39. The smallest absolute Gasteiger partial charge is 0.289 e. The second-order valence-corrected chi connectivity index (χ2v) is 9.40. The largest absolute Gasteiger partial charge is 0.379 e. The van der Waals surface area contributed by atoms with Gasteiger partial charge in [0.1, 0.15) is 5.82 Å². The topological polar surface area (TPSA) is 58.6 Å². The SMILES string of the molecule is Cl.O=C(c1nc2ccccc2s1)N(CCCN1CCOCC1)c1nc2ccc(F)cc2s1. The molecular formula is C22H22ClFN4O2S2. The Morgan fingerprint density at radius 3 is 2.66 bits per heavy atom. The highest BCUT2D eigenvalue weighted by Crippen LogP contribution is 2.31. The minimum absolute atomic E-state index is 0. The molecule has 0 aliphatic carbocycles. The molecule has 0 unspecified atom stereocenters. The molecule has 0 saturated carbocycles. The van der Waals surface area contributed by atoms with Gasteiger partial charge in [-0.05, 0) is 36.8 Å². The highest BCUT2D eigenvalue weighted by Gasteiger charge is 2.24. The number of anilines is 1. The first-order valence-electron chi connectivity index (χ1n) is 10.2. The predicted octanol–water partition coefficient (Wildman–Crippen LogP) is 4.84.